The first kappa shape index (κ1) is 11.8. The number of hydrogen-bond acceptors (Lipinski definition) is 5. The minimum Gasteiger partial charge on any atom is -0.351 e. The van der Waals surface area contributed by atoms with Gasteiger partial charge in [-0.2, -0.15) is 5.12 Å². The van der Waals surface area contributed by atoms with E-state index in [0.717, 1.165) is 0 Å². The number of nitrogens with two attached hydrogens (primary N) is 1. The van der Waals surface area contributed by atoms with Crippen LogP contribution in [0.3, 0.4) is 0 Å². The van der Waals surface area contributed by atoms with Crippen LogP contribution in [0, 0.1) is 0 Å². The molecule has 0 heterocycles. The first-order valence-electron chi connectivity index (χ1n) is 4.17. The van der Waals surface area contributed by atoms with Crippen LogP contribution in [0.1, 0.15) is 13.8 Å². The second kappa shape index (κ2) is 7.45. The van der Waals surface area contributed by atoms with Crippen molar-refractivity contribution in [3.05, 3.63) is 0 Å². The molecular formula is C7H19N3O2. The van der Waals surface area contributed by atoms with Crippen LogP contribution in [0.5, 0.6) is 0 Å². The fourth-order valence-corrected chi connectivity index (χ4v) is 0.777. The highest BCUT2D eigenvalue weighted by Gasteiger charge is 2.09. The van der Waals surface area contributed by atoms with Gasteiger partial charge in [0.25, 0.3) is 0 Å². The van der Waals surface area contributed by atoms with E-state index < -0.39 is 0 Å². The summed E-state index contributed by atoms with van der Waals surface area (Å²) in [5, 5.41) is 1.43. The minimum atomic E-state index is -0.252. The van der Waals surface area contributed by atoms with Gasteiger partial charge in [-0.25, -0.2) is 5.43 Å². The van der Waals surface area contributed by atoms with Crippen LogP contribution in [-0.2, 0) is 9.47 Å². The predicted octanol–water partition coefficient (Wildman–Crippen LogP) is -0.304. The van der Waals surface area contributed by atoms with Crippen LogP contribution >= 0.6 is 0 Å². The van der Waals surface area contributed by atoms with Gasteiger partial charge in [0.2, 0.25) is 0 Å². The quantitative estimate of drug-likeness (QED) is 0.317. The zero-order valence-electron chi connectivity index (χ0n) is 8.04. The largest absolute Gasteiger partial charge is 0.351 e. The Kier molecular flexibility index (Phi) is 7.33. The highest BCUT2D eigenvalue weighted by molar-refractivity contribution is 4.46. The monoisotopic (exact) mass is 177 g/mol. The van der Waals surface area contributed by atoms with Crippen molar-refractivity contribution >= 4 is 0 Å². The first-order chi connectivity index (χ1) is 5.74. The lowest BCUT2D eigenvalue weighted by molar-refractivity contribution is -0.151. The van der Waals surface area contributed by atoms with Crippen LogP contribution in [0.4, 0.5) is 0 Å². The molecule has 0 bridgehead atoms. The number of hydrazine groups is 2. The molecule has 0 aromatic heterocycles. The zero-order valence-corrected chi connectivity index (χ0v) is 8.04. The Hall–Kier alpha value is -0.200. The maximum atomic E-state index is 5.50. The average Bonchev–Trinajstić information content (AvgIpc) is 2.05. The molecule has 0 aliphatic heterocycles. The molecule has 0 amide bonds. The van der Waals surface area contributed by atoms with Gasteiger partial charge in [0.1, 0.15) is 0 Å². The Morgan fingerprint density at radius 2 is 1.83 bits per heavy atom. The minimum absolute atomic E-state index is 0.252. The molecule has 0 saturated heterocycles. The van der Waals surface area contributed by atoms with E-state index in [0.29, 0.717) is 19.8 Å². The Bertz CT molecular complexity index is 96.7. The fraction of sp³-hybridized carbons (Fsp3) is 1.00. The van der Waals surface area contributed by atoms with Crippen LogP contribution in [-0.4, -0.2) is 38.2 Å². The highest BCUT2D eigenvalue weighted by atomic mass is 16.7. The van der Waals surface area contributed by atoms with Gasteiger partial charge in [-0.1, -0.05) is 0 Å². The van der Waals surface area contributed by atoms with Crippen molar-refractivity contribution < 1.29 is 9.47 Å². The third-order valence-electron chi connectivity index (χ3n) is 1.34. The Morgan fingerprint density at radius 3 is 2.17 bits per heavy atom. The third kappa shape index (κ3) is 5.45. The van der Waals surface area contributed by atoms with Gasteiger partial charge in [0.05, 0.1) is 6.54 Å². The van der Waals surface area contributed by atoms with E-state index in [-0.39, 0.29) is 6.29 Å². The SMILES string of the molecule is CCOC(CN(N)NC)OCC. The molecule has 0 fully saturated rings. The second-order valence-corrected chi connectivity index (χ2v) is 2.22. The van der Waals surface area contributed by atoms with E-state index >= 15 is 0 Å². The van der Waals surface area contributed by atoms with Crippen LogP contribution in [0.25, 0.3) is 0 Å². The number of rotatable bonds is 7. The summed E-state index contributed by atoms with van der Waals surface area (Å²) in [6, 6.07) is 0. The average molecular weight is 177 g/mol. The fourth-order valence-electron chi connectivity index (χ4n) is 0.777. The summed E-state index contributed by atoms with van der Waals surface area (Å²) in [5.74, 6) is 5.50. The summed E-state index contributed by atoms with van der Waals surface area (Å²) in [6.45, 7) is 5.61. The summed E-state index contributed by atoms with van der Waals surface area (Å²) in [5.41, 5.74) is 2.76. The molecule has 0 saturated carbocycles. The maximum Gasteiger partial charge on any atom is 0.172 e. The van der Waals surface area contributed by atoms with Gasteiger partial charge in [-0.3, -0.25) is 5.84 Å². The molecule has 3 N–H and O–H groups in total. The molecular weight excluding hydrogens is 158 g/mol. The highest BCUT2D eigenvalue weighted by Crippen LogP contribution is 1.94. The van der Waals surface area contributed by atoms with Crippen molar-refractivity contribution in [3.8, 4) is 0 Å². The lowest BCUT2D eigenvalue weighted by Gasteiger charge is -2.22. The van der Waals surface area contributed by atoms with Crippen LogP contribution in [0.15, 0.2) is 0 Å². The topological polar surface area (TPSA) is 59.8 Å². The molecule has 5 heteroatoms. The Morgan fingerprint density at radius 1 is 1.33 bits per heavy atom. The molecule has 5 nitrogen and oxygen atoms in total. The van der Waals surface area contributed by atoms with E-state index in [2.05, 4.69) is 5.43 Å². The van der Waals surface area contributed by atoms with Gasteiger partial charge >= 0.3 is 0 Å². The molecule has 0 atom stereocenters. The maximum absolute atomic E-state index is 5.50. The predicted molar refractivity (Wildman–Crippen MR) is 47.0 cm³/mol. The van der Waals surface area contributed by atoms with Gasteiger partial charge in [-0.05, 0) is 13.8 Å². The third-order valence-corrected chi connectivity index (χ3v) is 1.34. The lowest BCUT2D eigenvalue weighted by atomic mass is 10.6. The molecule has 0 spiro atoms. The van der Waals surface area contributed by atoms with Gasteiger partial charge in [0.15, 0.2) is 6.29 Å². The van der Waals surface area contributed by atoms with Crippen molar-refractivity contribution in [3.63, 3.8) is 0 Å². The molecule has 0 aliphatic carbocycles. The van der Waals surface area contributed by atoms with E-state index in [1.807, 2.05) is 13.8 Å². The normalized spacial score (nSPS) is 11.5. The second-order valence-electron chi connectivity index (χ2n) is 2.22. The smallest absolute Gasteiger partial charge is 0.172 e. The molecule has 0 aliphatic rings. The van der Waals surface area contributed by atoms with Crippen molar-refractivity contribution in [1.82, 2.24) is 10.5 Å². The summed E-state index contributed by atoms with van der Waals surface area (Å²) in [7, 11) is 1.74. The summed E-state index contributed by atoms with van der Waals surface area (Å²) >= 11 is 0. The van der Waals surface area contributed by atoms with Crippen LogP contribution in [0.2, 0.25) is 0 Å². The van der Waals surface area contributed by atoms with E-state index in [9.17, 15) is 0 Å². The first-order valence-corrected chi connectivity index (χ1v) is 4.17. The molecule has 0 radical (unpaired) electrons. The molecule has 0 aromatic carbocycles. The van der Waals surface area contributed by atoms with Crippen molar-refractivity contribution in [2.24, 2.45) is 5.84 Å². The number of hydrogen-bond donors (Lipinski definition) is 2. The summed E-state index contributed by atoms with van der Waals surface area (Å²) in [6.07, 6.45) is -0.252. The van der Waals surface area contributed by atoms with E-state index in [1.165, 1.54) is 5.12 Å². The standard InChI is InChI=1S/C7H19N3O2/c1-4-11-7(12-5-2)6-10(8)9-3/h7,9H,4-6,8H2,1-3H3. The van der Waals surface area contributed by atoms with Gasteiger partial charge in [-0.15, -0.1) is 0 Å². The van der Waals surface area contributed by atoms with E-state index in [1.54, 1.807) is 7.05 Å². The van der Waals surface area contributed by atoms with Crippen molar-refractivity contribution in [2.75, 3.05) is 26.8 Å². The van der Waals surface area contributed by atoms with Gasteiger partial charge < -0.3 is 9.47 Å². The van der Waals surface area contributed by atoms with Crippen molar-refractivity contribution in [1.29, 1.82) is 0 Å². The Labute approximate surface area is 73.7 Å². The summed E-state index contributed by atoms with van der Waals surface area (Å²) < 4.78 is 10.5. The van der Waals surface area contributed by atoms with Gasteiger partial charge in [0, 0.05) is 20.3 Å². The Balaban J connectivity index is 3.61. The van der Waals surface area contributed by atoms with Crippen molar-refractivity contribution in [2.45, 2.75) is 20.1 Å². The number of nitrogens with zero attached hydrogens (tertiary/aromatic N) is 1. The molecule has 0 unspecified atom stereocenters. The number of ether oxygens (including phenoxy) is 2. The molecule has 12 heavy (non-hydrogen) atoms. The van der Waals surface area contributed by atoms with Crippen LogP contribution < -0.4 is 11.3 Å². The number of nitrogens with one attached hydrogen (secondary N) is 1. The summed E-state index contributed by atoms with van der Waals surface area (Å²) in [4.78, 5) is 0. The molecule has 0 aromatic rings. The zero-order chi connectivity index (χ0) is 9.40. The molecule has 74 valence electrons. The lowest BCUT2D eigenvalue weighted by Crippen LogP contribution is -2.47. The molecule has 0 rings (SSSR count). The van der Waals surface area contributed by atoms with E-state index in [4.69, 9.17) is 15.3 Å².